The monoisotopic (exact) mass is 495 g/mol. The van der Waals surface area contributed by atoms with E-state index in [0.29, 0.717) is 33.5 Å². The molecule has 0 fully saturated rings. The molecule has 37 heavy (non-hydrogen) atoms. The van der Waals surface area contributed by atoms with Crippen molar-refractivity contribution < 1.29 is 19.1 Å². The Balaban J connectivity index is 1.55. The van der Waals surface area contributed by atoms with Gasteiger partial charge in [-0.1, -0.05) is 62.1 Å². The summed E-state index contributed by atoms with van der Waals surface area (Å²) in [5.41, 5.74) is 5.51. The molecule has 5 heteroatoms. The van der Waals surface area contributed by atoms with Gasteiger partial charge in [-0.25, -0.2) is 9.78 Å². The first-order chi connectivity index (χ1) is 18.0. The normalized spacial score (nSPS) is 10.9. The Labute approximate surface area is 218 Å². The van der Waals surface area contributed by atoms with Crippen LogP contribution in [0.25, 0.3) is 22.2 Å². The Kier molecular flexibility index (Phi) is 8.68. The summed E-state index contributed by atoms with van der Waals surface area (Å²) in [5.74, 6) is -0.168. The van der Waals surface area contributed by atoms with E-state index in [9.17, 15) is 9.59 Å². The molecule has 0 spiro atoms. The maximum absolute atomic E-state index is 13.2. The zero-order valence-electron chi connectivity index (χ0n) is 21.8. The molecule has 0 aliphatic rings. The topological polar surface area (TPSA) is 65.5 Å². The molecule has 0 radical (unpaired) electrons. The number of hydrogen-bond acceptors (Lipinski definition) is 5. The van der Waals surface area contributed by atoms with Gasteiger partial charge in [-0.05, 0) is 67.8 Å². The van der Waals surface area contributed by atoms with Gasteiger partial charge in [0.05, 0.1) is 23.9 Å². The summed E-state index contributed by atoms with van der Waals surface area (Å²) in [6.45, 7) is 3.84. The minimum absolute atomic E-state index is 0.278. The second kappa shape index (κ2) is 12.3. The molecular formula is C32H33NO4. The minimum atomic E-state index is -0.548. The predicted octanol–water partition coefficient (Wildman–Crippen LogP) is 7.38. The van der Waals surface area contributed by atoms with Gasteiger partial charge in [-0.15, -0.1) is 0 Å². The highest BCUT2D eigenvalue weighted by atomic mass is 16.5. The number of fused-ring (bicyclic) bond motifs is 1. The maximum Gasteiger partial charge on any atom is 0.339 e. The van der Waals surface area contributed by atoms with Crippen LogP contribution in [0, 0.1) is 6.92 Å². The molecule has 3 aromatic carbocycles. The highest BCUT2D eigenvalue weighted by Gasteiger charge is 2.18. The van der Waals surface area contributed by atoms with Crippen molar-refractivity contribution in [1.29, 1.82) is 0 Å². The predicted molar refractivity (Wildman–Crippen MR) is 147 cm³/mol. The van der Waals surface area contributed by atoms with Gasteiger partial charge in [0.1, 0.15) is 5.75 Å². The number of hydrogen-bond donors (Lipinski definition) is 0. The van der Waals surface area contributed by atoms with Gasteiger partial charge in [0.15, 0.2) is 12.4 Å². The third-order valence-electron chi connectivity index (χ3n) is 6.50. The number of esters is 1. The van der Waals surface area contributed by atoms with Crippen molar-refractivity contribution in [2.75, 3.05) is 13.7 Å². The molecule has 0 aliphatic carbocycles. The number of aromatic nitrogens is 1. The molecule has 1 heterocycles. The first-order valence-corrected chi connectivity index (χ1v) is 12.8. The molecule has 0 saturated heterocycles. The van der Waals surface area contributed by atoms with Crippen molar-refractivity contribution in [3.63, 3.8) is 0 Å². The second-order valence-corrected chi connectivity index (χ2v) is 9.31. The van der Waals surface area contributed by atoms with Crippen LogP contribution in [0.15, 0.2) is 72.8 Å². The third-order valence-corrected chi connectivity index (χ3v) is 6.50. The van der Waals surface area contributed by atoms with E-state index < -0.39 is 5.97 Å². The lowest BCUT2D eigenvalue weighted by Crippen LogP contribution is -2.15. The quantitative estimate of drug-likeness (QED) is 0.123. The van der Waals surface area contributed by atoms with Crippen molar-refractivity contribution in [3.05, 3.63) is 95.1 Å². The first-order valence-electron chi connectivity index (χ1n) is 12.8. The van der Waals surface area contributed by atoms with E-state index >= 15 is 0 Å². The van der Waals surface area contributed by atoms with E-state index in [1.807, 2.05) is 25.1 Å². The van der Waals surface area contributed by atoms with Gasteiger partial charge in [0, 0.05) is 16.5 Å². The molecule has 0 unspecified atom stereocenters. The number of carbonyl (C=O) groups excluding carboxylic acids is 2. The zero-order valence-corrected chi connectivity index (χ0v) is 21.8. The van der Waals surface area contributed by atoms with E-state index in [2.05, 4.69) is 31.2 Å². The van der Waals surface area contributed by atoms with E-state index in [4.69, 9.17) is 14.5 Å². The lowest BCUT2D eigenvalue weighted by atomic mass is 10.0. The Bertz CT molecular complexity index is 1370. The van der Waals surface area contributed by atoms with Crippen LogP contribution in [-0.4, -0.2) is 30.5 Å². The minimum Gasteiger partial charge on any atom is -0.497 e. The van der Waals surface area contributed by atoms with Gasteiger partial charge in [-0.2, -0.15) is 0 Å². The number of carbonyl (C=O) groups is 2. The summed E-state index contributed by atoms with van der Waals surface area (Å²) in [4.78, 5) is 30.6. The Hall–Kier alpha value is -3.99. The summed E-state index contributed by atoms with van der Waals surface area (Å²) >= 11 is 0. The number of nitrogens with zero attached hydrogens (tertiary/aromatic N) is 1. The van der Waals surface area contributed by atoms with Crippen LogP contribution in [0.2, 0.25) is 0 Å². The SMILES string of the molecule is CCCCCCc1ccc(-c2cc(C(=O)OCC(=O)c3ccc(OC)cc3)c3cc(C)ccc3n2)cc1. The Morgan fingerprint density at radius 3 is 2.32 bits per heavy atom. The van der Waals surface area contributed by atoms with Crippen molar-refractivity contribution in [2.45, 2.75) is 46.0 Å². The molecule has 0 aliphatic heterocycles. The van der Waals surface area contributed by atoms with Gasteiger partial charge in [0.2, 0.25) is 0 Å². The highest BCUT2D eigenvalue weighted by Crippen LogP contribution is 2.27. The summed E-state index contributed by atoms with van der Waals surface area (Å²) in [6, 6.07) is 22.7. The summed E-state index contributed by atoms with van der Waals surface area (Å²) in [5, 5.41) is 0.707. The fourth-order valence-corrected chi connectivity index (χ4v) is 4.32. The molecule has 0 saturated carbocycles. The van der Waals surface area contributed by atoms with Gasteiger partial charge < -0.3 is 9.47 Å². The van der Waals surface area contributed by atoms with Crippen molar-refractivity contribution in [1.82, 2.24) is 4.98 Å². The molecular weight excluding hydrogens is 462 g/mol. The van der Waals surface area contributed by atoms with Crippen molar-refractivity contribution in [2.24, 2.45) is 0 Å². The second-order valence-electron chi connectivity index (χ2n) is 9.31. The Morgan fingerprint density at radius 1 is 0.865 bits per heavy atom. The molecule has 0 atom stereocenters. The number of aryl methyl sites for hydroxylation is 2. The first kappa shape index (κ1) is 26.1. The van der Waals surface area contributed by atoms with Gasteiger partial charge in [0.25, 0.3) is 0 Å². The fraction of sp³-hybridized carbons (Fsp3) is 0.281. The van der Waals surface area contributed by atoms with Crippen LogP contribution in [-0.2, 0) is 11.2 Å². The lowest BCUT2D eigenvalue weighted by molar-refractivity contribution is 0.0476. The van der Waals surface area contributed by atoms with Crippen LogP contribution in [0.3, 0.4) is 0 Å². The van der Waals surface area contributed by atoms with Crippen LogP contribution >= 0.6 is 0 Å². The number of ether oxygens (including phenoxy) is 2. The fourth-order valence-electron chi connectivity index (χ4n) is 4.32. The molecule has 0 N–H and O–H groups in total. The lowest BCUT2D eigenvalue weighted by Gasteiger charge is -2.11. The van der Waals surface area contributed by atoms with Crippen LogP contribution < -0.4 is 4.74 Å². The summed E-state index contributed by atoms with van der Waals surface area (Å²) < 4.78 is 10.6. The standard InChI is InChI=1S/C32H33NO4/c1-4-5-6-7-8-23-10-12-24(13-11-23)30-20-28(27-19-22(2)9-18-29(27)33-30)32(35)37-21-31(34)25-14-16-26(36-3)17-15-25/h9-20H,4-8,21H2,1-3H3. The summed E-state index contributed by atoms with van der Waals surface area (Å²) in [6.07, 6.45) is 5.99. The molecule has 4 aromatic rings. The molecule has 1 aromatic heterocycles. The molecule has 4 rings (SSSR count). The molecule has 5 nitrogen and oxygen atoms in total. The number of unbranched alkanes of at least 4 members (excludes halogenated alkanes) is 3. The zero-order chi connectivity index (χ0) is 26.2. The van der Waals surface area contributed by atoms with Crippen LogP contribution in [0.1, 0.15) is 64.4 Å². The van der Waals surface area contributed by atoms with E-state index in [-0.39, 0.29) is 12.4 Å². The van der Waals surface area contributed by atoms with Crippen LogP contribution in [0.4, 0.5) is 0 Å². The van der Waals surface area contributed by atoms with E-state index in [0.717, 1.165) is 17.5 Å². The number of rotatable bonds is 11. The Morgan fingerprint density at radius 2 is 1.62 bits per heavy atom. The average molecular weight is 496 g/mol. The number of methoxy groups -OCH3 is 1. The van der Waals surface area contributed by atoms with Gasteiger partial charge >= 0.3 is 5.97 Å². The number of pyridine rings is 1. The largest absolute Gasteiger partial charge is 0.497 e. The highest BCUT2D eigenvalue weighted by molar-refractivity contribution is 6.06. The summed E-state index contributed by atoms with van der Waals surface area (Å²) in [7, 11) is 1.57. The van der Waals surface area contributed by atoms with Crippen molar-refractivity contribution in [3.8, 4) is 17.0 Å². The molecule has 190 valence electrons. The van der Waals surface area contributed by atoms with Crippen molar-refractivity contribution >= 4 is 22.7 Å². The van der Waals surface area contributed by atoms with E-state index in [1.165, 1.54) is 31.2 Å². The average Bonchev–Trinajstić information content (AvgIpc) is 2.93. The van der Waals surface area contributed by atoms with Gasteiger partial charge in [-0.3, -0.25) is 4.79 Å². The number of ketones is 1. The number of benzene rings is 3. The maximum atomic E-state index is 13.2. The third kappa shape index (κ3) is 6.62. The van der Waals surface area contributed by atoms with E-state index in [1.54, 1.807) is 37.4 Å². The molecule has 0 bridgehead atoms. The smallest absolute Gasteiger partial charge is 0.339 e. The molecule has 0 amide bonds. The van der Waals surface area contributed by atoms with Crippen LogP contribution in [0.5, 0.6) is 5.75 Å². The number of Topliss-reactive ketones (excluding diaryl/α,β-unsaturated/α-hetero) is 1.